The van der Waals surface area contributed by atoms with Crippen molar-refractivity contribution in [1.29, 1.82) is 0 Å². The third-order valence-corrected chi connectivity index (χ3v) is 5.46. The second kappa shape index (κ2) is 11.7. The number of benzene rings is 2. The smallest absolute Gasteiger partial charge is 0.413 e. The van der Waals surface area contributed by atoms with Crippen LogP contribution >= 0.6 is 0 Å². The molecule has 2 aromatic rings. The van der Waals surface area contributed by atoms with Crippen molar-refractivity contribution in [2.24, 2.45) is 10.9 Å². The fourth-order valence-corrected chi connectivity index (χ4v) is 3.76. The minimum atomic E-state index is -0.819. The number of hydrogen-bond donors (Lipinski definition) is 3. The van der Waals surface area contributed by atoms with E-state index in [2.05, 4.69) is 25.7 Å². The molecule has 0 aromatic heterocycles. The Kier molecular flexibility index (Phi) is 8.50. The first-order valence-electron chi connectivity index (χ1n) is 11.1. The summed E-state index contributed by atoms with van der Waals surface area (Å²) in [7, 11) is 1.19. The third kappa shape index (κ3) is 6.74. The highest BCUT2D eigenvalue weighted by atomic mass is 16.5. The first-order chi connectivity index (χ1) is 16.4. The van der Waals surface area contributed by atoms with Gasteiger partial charge in [0.15, 0.2) is 5.78 Å². The molecular weight excluding hydrogens is 436 g/mol. The number of guanidine groups is 1. The zero-order valence-electron chi connectivity index (χ0n) is 19.2. The van der Waals surface area contributed by atoms with Crippen molar-refractivity contribution in [1.82, 2.24) is 5.32 Å². The highest BCUT2D eigenvalue weighted by molar-refractivity contribution is 6.12. The van der Waals surface area contributed by atoms with Gasteiger partial charge in [-0.05, 0) is 31.0 Å². The van der Waals surface area contributed by atoms with Gasteiger partial charge in [-0.1, -0.05) is 49.6 Å². The van der Waals surface area contributed by atoms with Crippen LogP contribution < -0.4 is 16.0 Å². The molecule has 0 heterocycles. The Morgan fingerprint density at radius 2 is 1.59 bits per heavy atom. The molecule has 2 aromatic carbocycles. The molecule has 0 atom stereocenters. The first-order valence-corrected chi connectivity index (χ1v) is 11.1. The first kappa shape index (κ1) is 24.6. The van der Waals surface area contributed by atoms with Crippen molar-refractivity contribution in [2.75, 3.05) is 17.7 Å². The number of methoxy groups -OCH3 is 1. The number of carbonyl (C=O) groups excluding carboxylic acids is 4. The molecule has 0 spiro atoms. The summed E-state index contributed by atoms with van der Waals surface area (Å²) in [5.74, 6) is -1.28. The maximum absolute atomic E-state index is 12.9. The van der Waals surface area contributed by atoms with Crippen molar-refractivity contribution >= 4 is 41.0 Å². The van der Waals surface area contributed by atoms with E-state index in [-0.39, 0.29) is 35.2 Å². The highest BCUT2D eigenvalue weighted by Crippen LogP contribution is 2.26. The summed E-state index contributed by atoms with van der Waals surface area (Å²) >= 11 is 0. The molecule has 1 aliphatic carbocycles. The lowest BCUT2D eigenvalue weighted by molar-refractivity contribution is -0.122. The van der Waals surface area contributed by atoms with Crippen molar-refractivity contribution < 1.29 is 23.9 Å². The van der Waals surface area contributed by atoms with Gasteiger partial charge in [-0.2, -0.15) is 4.99 Å². The second-order valence-electron chi connectivity index (χ2n) is 8.01. The predicted molar refractivity (Wildman–Crippen MR) is 129 cm³/mol. The molecule has 0 radical (unpaired) electrons. The molecule has 3 N–H and O–H groups in total. The Morgan fingerprint density at radius 3 is 2.24 bits per heavy atom. The quantitative estimate of drug-likeness (QED) is 0.347. The molecule has 1 saturated carbocycles. The lowest BCUT2D eigenvalue weighted by Gasteiger charge is -2.19. The average Bonchev–Trinajstić information content (AvgIpc) is 2.85. The molecule has 1 aliphatic rings. The monoisotopic (exact) mass is 464 g/mol. The molecule has 3 amide bonds. The van der Waals surface area contributed by atoms with Crippen LogP contribution in [0.3, 0.4) is 0 Å². The molecule has 0 aliphatic heterocycles. The van der Waals surface area contributed by atoms with Crippen molar-refractivity contribution in [3.8, 4) is 0 Å². The van der Waals surface area contributed by atoms with Gasteiger partial charge >= 0.3 is 6.09 Å². The number of alkyl carbamates (subject to hydrolysis) is 1. The minimum Gasteiger partial charge on any atom is -0.453 e. The third-order valence-electron chi connectivity index (χ3n) is 5.46. The molecule has 0 unspecified atom stereocenters. The van der Waals surface area contributed by atoms with E-state index in [1.165, 1.54) is 20.1 Å². The van der Waals surface area contributed by atoms with E-state index in [4.69, 9.17) is 0 Å². The molecule has 9 heteroatoms. The lowest BCUT2D eigenvalue weighted by Crippen LogP contribution is -2.37. The Morgan fingerprint density at radius 1 is 0.882 bits per heavy atom. The van der Waals surface area contributed by atoms with Crippen LogP contribution in [0.1, 0.15) is 54.9 Å². The molecule has 9 nitrogen and oxygen atoms in total. The van der Waals surface area contributed by atoms with Crippen LogP contribution in [-0.2, 0) is 14.3 Å². The van der Waals surface area contributed by atoms with Crippen LogP contribution in [0, 0.1) is 5.92 Å². The average molecular weight is 465 g/mol. The number of nitrogens with zero attached hydrogens (tertiary/aromatic N) is 1. The standard InChI is InChI=1S/C25H28N4O5/c1-16(30)26-20-14-13-19(22(31)17-9-5-3-6-10-17)15-21(20)27-24(29-25(33)34-2)28-23(32)18-11-7-4-8-12-18/h3,5-6,9-10,13-15,18H,4,7-8,11-12H2,1-2H3,(H,26,30)(H2,27,28,29,32,33). The number of aliphatic imine (C=N–C) groups is 1. The zero-order chi connectivity index (χ0) is 24.5. The van der Waals surface area contributed by atoms with Gasteiger partial charge in [-0.25, -0.2) is 4.79 Å². The summed E-state index contributed by atoms with van der Waals surface area (Å²) in [6.07, 6.45) is 3.66. The van der Waals surface area contributed by atoms with E-state index in [9.17, 15) is 19.2 Å². The summed E-state index contributed by atoms with van der Waals surface area (Å²) in [6, 6.07) is 13.4. The number of nitrogens with one attached hydrogen (secondary N) is 3. The van der Waals surface area contributed by atoms with Gasteiger partial charge in [0.25, 0.3) is 5.91 Å². The fraction of sp³-hybridized carbons (Fsp3) is 0.320. The Balaban J connectivity index is 1.95. The van der Waals surface area contributed by atoms with Crippen LogP contribution in [0.25, 0.3) is 0 Å². The molecule has 34 heavy (non-hydrogen) atoms. The molecule has 0 bridgehead atoms. The maximum Gasteiger partial charge on any atom is 0.413 e. The summed E-state index contributed by atoms with van der Waals surface area (Å²) in [5, 5.41) is 7.96. The van der Waals surface area contributed by atoms with Crippen LogP contribution in [0.2, 0.25) is 0 Å². The largest absolute Gasteiger partial charge is 0.453 e. The van der Waals surface area contributed by atoms with Gasteiger partial charge in [-0.3, -0.25) is 19.7 Å². The van der Waals surface area contributed by atoms with Gasteiger partial charge in [0.05, 0.1) is 18.5 Å². The fourth-order valence-electron chi connectivity index (χ4n) is 3.76. The number of rotatable bonds is 5. The van der Waals surface area contributed by atoms with Crippen molar-refractivity contribution in [3.05, 3.63) is 59.7 Å². The predicted octanol–water partition coefficient (Wildman–Crippen LogP) is 4.11. The van der Waals surface area contributed by atoms with Crippen LogP contribution in [0.15, 0.2) is 53.5 Å². The summed E-state index contributed by atoms with van der Waals surface area (Å²) in [4.78, 5) is 53.4. The van der Waals surface area contributed by atoms with Gasteiger partial charge in [-0.15, -0.1) is 0 Å². The van der Waals surface area contributed by atoms with E-state index in [0.717, 1.165) is 32.1 Å². The van der Waals surface area contributed by atoms with Crippen molar-refractivity contribution in [3.63, 3.8) is 0 Å². The van der Waals surface area contributed by atoms with E-state index in [1.807, 2.05) is 6.07 Å². The topological polar surface area (TPSA) is 126 Å². The molecule has 3 rings (SSSR count). The SMILES string of the molecule is COC(=O)N/C(=N\C(=O)C1CCCCC1)Nc1cc(C(=O)c2ccccc2)ccc1NC(C)=O. The maximum atomic E-state index is 12.9. The summed E-state index contributed by atoms with van der Waals surface area (Å²) < 4.78 is 4.65. The van der Waals surface area contributed by atoms with Gasteiger partial charge < -0.3 is 15.4 Å². The van der Waals surface area contributed by atoms with Crippen LogP contribution in [0.5, 0.6) is 0 Å². The summed E-state index contributed by atoms with van der Waals surface area (Å²) in [5.41, 5.74) is 1.47. The van der Waals surface area contributed by atoms with E-state index < -0.39 is 6.09 Å². The lowest BCUT2D eigenvalue weighted by atomic mass is 9.89. The highest BCUT2D eigenvalue weighted by Gasteiger charge is 2.22. The molecule has 0 saturated heterocycles. The van der Waals surface area contributed by atoms with E-state index >= 15 is 0 Å². The number of amides is 3. The number of ketones is 1. The molecular formula is C25H28N4O5. The van der Waals surface area contributed by atoms with Crippen molar-refractivity contribution in [2.45, 2.75) is 39.0 Å². The number of ether oxygens (including phenoxy) is 1. The number of anilines is 2. The number of hydrogen-bond acceptors (Lipinski definition) is 5. The Bertz CT molecular complexity index is 1090. The van der Waals surface area contributed by atoms with E-state index in [1.54, 1.807) is 36.4 Å². The second-order valence-corrected chi connectivity index (χ2v) is 8.01. The van der Waals surface area contributed by atoms with E-state index in [0.29, 0.717) is 16.8 Å². The van der Waals surface area contributed by atoms with Gasteiger partial charge in [0, 0.05) is 24.0 Å². The molecule has 1 fully saturated rings. The van der Waals surface area contributed by atoms with Crippen LogP contribution in [0.4, 0.5) is 16.2 Å². The number of carbonyl (C=O) groups is 4. The Hall–Kier alpha value is -4.01. The molecule has 178 valence electrons. The minimum absolute atomic E-state index is 0.154. The zero-order valence-corrected chi connectivity index (χ0v) is 19.2. The Labute approximate surface area is 198 Å². The van der Waals surface area contributed by atoms with Gasteiger partial charge in [0.1, 0.15) is 0 Å². The normalized spacial score (nSPS) is 14.1. The van der Waals surface area contributed by atoms with Crippen LogP contribution in [-0.4, -0.2) is 36.8 Å². The summed E-state index contributed by atoms with van der Waals surface area (Å²) in [6.45, 7) is 1.35. The van der Waals surface area contributed by atoms with Gasteiger partial charge in [0.2, 0.25) is 11.9 Å².